The van der Waals surface area contributed by atoms with Gasteiger partial charge in [0.25, 0.3) is 0 Å². The minimum atomic E-state index is -0.669. The summed E-state index contributed by atoms with van der Waals surface area (Å²) in [7, 11) is 0. The number of aliphatic hydroxyl groups excluding tert-OH is 1. The second-order valence-corrected chi connectivity index (χ2v) is 6.81. The Hall–Kier alpha value is -2.84. The van der Waals surface area contributed by atoms with Crippen LogP contribution < -0.4 is 11.1 Å². The van der Waals surface area contributed by atoms with Gasteiger partial charge in [0.15, 0.2) is 0 Å². The molecule has 0 aromatic heterocycles. The molecular formula is C20H21F2N3O3. The van der Waals surface area contributed by atoms with Gasteiger partial charge in [0, 0.05) is 42.4 Å². The maximum atomic E-state index is 14.1. The molecule has 0 radical (unpaired) electrons. The van der Waals surface area contributed by atoms with E-state index >= 15 is 0 Å². The fourth-order valence-electron chi connectivity index (χ4n) is 3.41. The van der Waals surface area contributed by atoms with Crippen molar-refractivity contribution < 1.29 is 23.5 Å². The summed E-state index contributed by atoms with van der Waals surface area (Å²) in [6.07, 6.45) is -0.286. The number of hydrogen-bond donors (Lipinski definition) is 3. The predicted molar refractivity (Wildman–Crippen MR) is 99.5 cm³/mol. The van der Waals surface area contributed by atoms with E-state index in [2.05, 4.69) is 5.32 Å². The molecule has 4 N–H and O–H groups in total. The topological polar surface area (TPSA) is 95.7 Å². The van der Waals surface area contributed by atoms with Crippen molar-refractivity contribution in [3.63, 3.8) is 0 Å². The van der Waals surface area contributed by atoms with Crippen LogP contribution >= 0.6 is 0 Å². The highest BCUT2D eigenvalue weighted by Gasteiger charge is 2.33. The van der Waals surface area contributed by atoms with Crippen molar-refractivity contribution >= 4 is 17.5 Å². The normalized spacial score (nSPS) is 19.5. The van der Waals surface area contributed by atoms with Gasteiger partial charge in [-0.25, -0.2) is 8.78 Å². The van der Waals surface area contributed by atoms with Gasteiger partial charge in [0.2, 0.25) is 11.8 Å². The predicted octanol–water partition coefficient (Wildman–Crippen LogP) is 2.20. The lowest BCUT2D eigenvalue weighted by Gasteiger charge is -2.24. The van der Waals surface area contributed by atoms with Gasteiger partial charge in [0.05, 0.1) is 6.10 Å². The summed E-state index contributed by atoms with van der Waals surface area (Å²) in [6.45, 7) is 0.560. The van der Waals surface area contributed by atoms with E-state index in [1.807, 2.05) is 0 Å². The first kappa shape index (κ1) is 19.9. The van der Waals surface area contributed by atoms with Gasteiger partial charge in [-0.2, -0.15) is 0 Å². The highest BCUT2D eigenvalue weighted by Crippen LogP contribution is 2.34. The van der Waals surface area contributed by atoms with E-state index in [1.54, 1.807) is 17.0 Å². The lowest BCUT2D eigenvalue weighted by molar-refractivity contribution is -0.116. The molecule has 0 saturated carbocycles. The highest BCUT2D eigenvalue weighted by molar-refractivity contribution is 5.94. The van der Waals surface area contributed by atoms with Gasteiger partial charge in [-0.3, -0.25) is 14.5 Å². The Kier molecular flexibility index (Phi) is 6.01. The van der Waals surface area contributed by atoms with Crippen molar-refractivity contribution in [1.29, 1.82) is 0 Å². The van der Waals surface area contributed by atoms with E-state index < -0.39 is 29.7 Å². The molecule has 1 saturated heterocycles. The minimum Gasteiger partial charge on any atom is -0.392 e. The molecule has 28 heavy (non-hydrogen) atoms. The molecule has 148 valence electrons. The van der Waals surface area contributed by atoms with E-state index in [-0.39, 0.29) is 37.4 Å². The zero-order valence-corrected chi connectivity index (χ0v) is 15.1. The van der Waals surface area contributed by atoms with Crippen LogP contribution in [0.2, 0.25) is 0 Å². The van der Waals surface area contributed by atoms with Crippen molar-refractivity contribution in [2.24, 2.45) is 5.73 Å². The molecule has 3 rings (SSSR count). The summed E-state index contributed by atoms with van der Waals surface area (Å²) in [5.74, 6) is -1.91. The number of nitrogens with zero attached hydrogens (tertiary/aromatic N) is 1. The first-order valence-electron chi connectivity index (χ1n) is 8.90. The average Bonchev–Trinajstić information content (AvgIpc) is 3.03. The maximum absolute atomic E-state index is 14.1. The lowest BCUT2D eigenvalue weighted by Crippen LogP contribution is -2.29. The number of likely N-dealkylation sites (tertiary alicyclic amines) is 1. The van der Waals surface area contributed by atoms with Gasteiger partial charge >= 0.3 is 0 Å². The van der Waals surface area contributed by atoms with Gasteiger partial charge in [-0.05, 0) is 48.9 Å². The monoisotopic (exact) mass is 389 g/mol. The number of anilines is 1. The second-order valence-electron chi connectivity index (χ2n) is 6.81. The number of β-amino-alcohol motifs (C(OH)–C–C–N with tert-alkyl or cyclic N) is 1. The van der Waals surface area contributed by atoms with E-state index in [4.69, 9.17) is 5.73 Å². The van der Waals surface area contributed by atoms with Gasteiger partial charge in [-0.15, -0.1) is 0 Å². The number of hydrogen-bond acceptors (Lipinski definition) is 4. The number of carbonyl (C=O) groups excluding carboxylic acids is 2. The molecule has 2 aromatic carbocycles. The van der Waals surface area contributed by atoms with Crippen LogP contribution in [0.15, 0.2) is 42.5 Å². The Bertz CT molecular complexity index is 873. The maximum Gasteiger partial charge on any atom is 0.248 e. The number of nitrogens with one attached hydrogen (secondary N) is 1. The number of amides is 2. The van der Waals surface area contributed by atoms with E-state index in [9.17, 15) is 23.5 Å². The zero-order valence-electron chi connectivity index (χ0n) is 15.1. The third kappa shape index (κ3) is 4.71. The Labute approximate surface area is 161 Å². The zero-order chi connectivity index (χ0) is 20.3. The number of halogens is 2. The smallest absolute Gasteiger partial charge is 0.248 e. The summed E-state index contributed by atoms with van der Waals surface area (Å²) in [5, 5.41) is 12.7. The first-order chi connectivity index (χ1) is 13.3. The number of aliphatic hydroxyl groups is 1. The Morgan fingerprint density at radius 2 is 1.89 bits per heavy atom. The van der Waals surface area contributed by atoms with Gasteiger partial charge < -0.3 is 16.2 Å². The molecule has 1 aliphatic rings. The van der Waals surface area contributed by atoms with Crippen molar-refractivity contribution in [1.82, 2.24) is 4.90 Å². The number of primary amides is 1. The molecule has 8 heteroatoms. The van der Waals surface area contributed by atoms with Crippen LogP contribution in [0.25, 0.3) is 0 Å². The second kappa shape index (κ2) is 8.45. The summed E-state index contributed by atoms with van der Waals surface area (Å²) in [5.41, 5.74) is 6.21. The standard InChI is InChI=1S/C20H21F2N3O3/c21-13-3-6-17(22)16(9-13)18-10-15(26)11-25(18)8-7-19(27)24-14-4-1-12(2-5-14)20(23)28/h1-6,9,15,18,26H,7-8,10-11H2,(H2,23,28)(H,24,27). The summed E-state index contributed by atoms with van der Waals surface area (Å²) < 4.78 is 27.6. The van der Waals surface area contributed by atoms with E-state index in [0.717, 1.165) is 18.2 Å². The molecule has 1 fully saturated rings. The molecule has 0 spiro atoms. The van der Waals surface area contributed by atoms with E-state index in [1.165, 1.54) is 12.1 Å². The number of nitrogens with two attached hydrogens (primary N) is 1. The number of rotatable bonds is 6. The molecule has 0 aliphatic carbocycles. The van der Waals surface area contributed by atoms with Crippen LogP contribution in [0, 0.1) is 11.6 Å². The van der Waals surface area contributed by atoms with Crippen LogP contribution in [0.4, 0.5) is 14.5 Å². The van der Waals surface area contributed by atoms with Crippen LogP contribution in [0.3, 0.4) is 0 Å². The molecule has 2 aromatic rings. The molecule has 2 atom stereocenters. The summed E-state index contributed by atoms with van der Waals surface area (Å²) in [6, 6.07) is 8.92. The van der Waals surface area contributed by atoms with Crippen LogP contribution in [0.5, 0.6) is 0 Å². The van der Waals surface area contributed by atoms with Crippen LogP contribution in [-0.4, -0.2) is 41.0 Å². The average molecular weight is 389 g/mol. The molecule has 2 unspecified atom stereocenters. The quantitative estimate of drug-likeness (QED) is 0.706. The molecule has 0 bridgehead atoms. The van der Waals surface area contributed by atoms with Gasteiger partial charge in [0.1, 0.15) is 11.6 Å². The van der Waals surface area contributed by atoms with Gasteiger partial charge in [-0.1, -0.05) is 0 Å². The summed E-state index contributed by atoms with van der Waals surface area (Å²) >= 11 is 0. The van der Waals surface area contributed by atoms with Crippen LogP contribution in [-0.2, 0) is 4.79 Å². The third-order valence-corrected chi connectivity index (χ3v) is 4.78. The van der Waals surface area contributed by atoms with Crippen LogP contribution in [0.1, 0.15) is 34.8 Å². The fraction of sp³-hybridized carbons (Fsp3) is 0.300. The first-order valence-corrected chi connectivity index (χ1v) is 8.90. The summed E-state index contributed by atoms with van der Waals surface area (Å²) in [4.78, 5) is 25.0. The molecule has 6 nitrogen and oxygen atoms in total. The van der Waals surface area contributed by atoms with Crippen molar-refractivity contribution in [2.45, 2.75) is 25.0 Å². The Morgan fingerprint density at radius 3 is 2.57 bits per heavy atom. The molecule has 1 heterocycles. The molecule has 1 aliphatic heterocycles. The van der Waals surface area contributed by atoms with Crippen molar-refractivity contribution in [2.75, 3.05) is 18.4 Å². The largest absolute Gasteiger partial charge is 0.392 e. The fourth-order valence-corrected chi connectivity index (χ4v) is 3.41. The minimum absolute atomic E-state index is 0.109. The molecular weight excluding hydrogens is 368 g/mol. The molecule has 2 amide bonds. The highest BCUT2D eigenvalue weighted by atomic mass is 19.1. The lowest BCUT2D eigenvalue weighted by atomic mass is 10.0. The van der Waals surface area contributed by atoms with Crippen molar-refractivity contribution in [3.05, 3.63) is 65.2 Å². The Morgan fingerprint density at radius 1 is 1.18 bits per heavy atom. The van der Waals surface area contributed by atoms with Crippen molar-refractivity contribution in [3.8, 4) is 0 Å². The SMILES string of the molecule is NC(=O)c1ccc(NC(=O)CCN2CC(O)CC2c2cc(F)ccc2F)cc1. The number of benzene rings is 2. The van der Waals surface area contributed by atoms with E-state index in [0.29, 0.717) is 11.3 Å². The Balaban J connectivity index is 1.61. The third-order valence-electron chi connectivity index (χ3n) is 4.78. The number of carbonyl (C=O) groups is 2.